The van der Waals surface area contributed by atoms with Gasteiger partial charge in [-0.15, -0.1) is 0 Å². The Morgan fingerprint density at radius 2 is 1.73 bits per heavy atom. The van der Waals surface area contributed by atoms with Crippen molar-refractivity contribution in [3.8, 4) is 0 Å². The van der Waals surface area contributed by atoms with Gasteiger partial charge in [-0.05, 0) is 0 Å². The molecule has 3 heteroatoms. The van der Waals surface area contributed by atoms with E-state index in [1.54, 1.807) is 0 Å². The number of rotatable bonds is 1. The molecule has 0 radical (unpaired) electrons. The molecule has 1 saturated heterocycles. The van der Waals surface area contributed by atoms with E-state index in [2.05, 4.69) is 0 Å². The van der Waals surface area contributed by atoms with Crippen LogP contribution in [0.25, 0.3) is 0 Å². The molecule has 1 aliphatic heterocycles. The van der Waals surface area contributed by atoms with Crippen molar-refractivity contribution in [3.63, 3.8) is 0 Å². The van der Waals surface area contributed by atoms with Gasteiger partial charge in [0, 0.05) is 18.4 Å². The largest absolute Gasteiger partial charge is 0.393 e. The zero-order chi connectivity index (χ0) is 11.2. The molecule has 1 N–H and O–H groups in total. The predicted octanol–water partition coefficient (Wildman–Crippen LogP) is 1.62. The zero-order valence-corrected chi connectivity index (χ0v) is 8.30. The first-order valence-electron chi connectivity index (χ1n) is 5.72. The molecule has 0 amide bonds. The maximum absolute atomic E-state index is 9.56. The third-order valence-electron chi connectivity index (χ3n) is 2.96. The van der Waals surface area contributed by atoms with Gasteiger partial charge in [-0.25, -0.2) is 0 Å². The van der Waals surface area contributed by atoms with Crippen LogP contribution in [0.1, 0.15) is 26.1 Å². The Bertz CT molecular complexity index is 363. The number of fused-ring (bicyclic) bond motifs is 1. The highest BCUT2D eigenvalue weighted by atomic mass is 16.7. The standard InChI is InChI=1S/C12H14O3/c13-9-6-10-11(7-9)15-12(14-10)8-4-2-1-3-5-8/h1-5,9-13H,6-7H2/t9?,10-,11?,12?/m0/s1/i9D. The van der Waals surface area contributed by atoms with Crippen LogP contribution < -0.4 is 0 Å². The number of hydrogen-bond donors (Lipinski definition) is 1. The Balaban J connectivity index is 1.73. The molecule has 3 unspecified atom stereocenters. The Labute approximate surface area is 90.0 Å². The molecular weight excluding hydrogens is 192 g/mol. The minimum atomic E-state index is -1.38. The second-order valence-electron chi connectivity index (χ2n) is 4.07. The van der Waals surface area contributed by atoms with Crippen LogP contribution in [0.2, 0.25) is 0 Å². The van der Waals surface area contributed by atoms with Crippen molar-refractivity contribution in [1.82, 2.24) is 0 Å². The Hall–Kier alpha value is -0.900. The lowest BCUT2D eigenvalue weighted by molar-refractivity contribution is -0.0847. The predicted molar refractivity (Wildman–Crippen MR) is 54.2 cm³/mol. The molecule has 2 fully saturated rings. The smallest absolute Gasteiger partial charge is 0.184 e. The molecule has 3 nitrogen and oxygen atoms in total. The van der Waals surface area contributed by atoms with E-state index < -0.39 is 6.08 Å². The summed E-state index contributed by atoms with van der Waals surface area (Å²) in [5.74, 6) is 0. The third kappa shape index (κ3) is 1.67. The van der Waals surface area contributed by atoms with Crippen LogP contribution in [0, 0.1) is 0 Å². The maximum Gasteiger partial charge on any atom is 0.184 e. The highest BCUT2D eigenvalue weighted by molar-refractivity contribution is 5.17. The summed E-state index contributed by atoms with van der Waals surface area (Å²) in [5, 5.41) is 9.56. The van der Waals surface area contributed by atoms with Crippen LogP contribution in [0.4, 0.5) is 0 Å². The fourth-order valence-corrected chi connectivity index (χ4v) is 2.20. The van der Waals surface area contributed by atoms with E-state index >= 15 is 0 Å². The first-order chi connectivity index (χ1) is 7.64. The molecular formula is C12H14O3. The molecule has 80 valence electrons. The van der Waals surface area contributed by atoms with Gasteiger partial charge >= 0.3 is 0 Å². The Kier molecular flexibility index (Phi) is 1.98. The lowest BCUT2D eigenvalue weighted by atomic mass is 10.2. The second kappa shape index (κ2) is 3.59. The van der Waals surface area contributed by atoms with Gasteiger partial charge in [-0.3, -0.25) is 0 Å². The van der Waals surface area contributed by atoms with Crippen LogP contribution in [0.3, 0.4) is 0 Å². The number of aliphatic hydroxyl groups is 1. The molecule has 15 heavy (non-hydrogen) atoms. The number of benzene rings is 1. The van der Waals surface area contributed by atoms with E-state index in [0.29, 0.717) is 12.8 Å². The summed E-state index contributed by atoms with van der Waals surface area (Å²) in [5.41, 5.74) is 0.991. The zero-order valence-electron chi connectivity index (χ0n) is 9.30. The summed E-state index contributed by atoms with van der Waals surface area (Å²) >= 11 is 0. The lowest BCUT2D eigenvalue weighted by Gasteiger charge is -2.12. The van der Waals surface area contributed by atoms with Crippen molar-refractivity contribution in [3.05, 3.63) is 35.9 Å². The van der Waals surface area contributed by atoms with E-state index in [1.807, 2.05) is 30.3 Å². The SMILES string of the molecule is [2H]C1(O)CC2OC(c3ccccc3)O[C@H]2C1. The number of hydrogen-bond acceptors (Lipinski definition) is 3. The summed E-state index contributed by atoms with van der Waals surface area (Å²) in [7, 11) is 0. The molecule has 1 saturated carbocycles. The summed E-state index contributed by atoms with van der Waals surface area (Å²) in [6.07, 6.45) is -1.34. The first-order valence-corrected chi connectivity index (χ1v) is 5.22. The molecule has 4 atom stereocenters. The van der Waals surface area contributed by atoms with Gasteiger partial charge in [-0.2, -0.15) is 0 Å². The van der Waals surface area contributed by atoms with Crippen LogP contribution >= 0.6 is 0 Å². The molecule has 0 bridgehead atoms. The van der Waals surface area contributed by atoms with Crippen molar-refractivity contribution >= 4 is 0 Å². The second-order valence-corrected chi connectivity index (χ2v) is 4.07. The summed E-state index contributed by atoms with van der Waals surface area (Å²) < 4.78 is 19.0. The fourth-order valence-electron chi connectivity index (χ4n) is 2.20. The van der Waals surface area contributed by atoms with Gasteiger partial charge in [0.05, 0.1) is 19.7 Å². The van der Waals surface area contributed by atoms with Crippen LogP contribution in [0.5, 0.6) is 0 Å². The Morgan fingerprint density at radius 3 is 2.33 bits per heavy atom. The van der Waals surface area contributed by atoms with E-state index in [0.717, 1.165) is 5.56 Å². The Morgan fingerprint density at radius 1 is 1.13 bits per heavy atom. The van der Waals surface area contributed by atoms with Gasteiger partial charge in [0.2, 0.25) is 0 Å². The van der Waals surface area contributed by atoms with Crippen molar-refractivity contribution in [1.29, 1.82) is 0 Å². The van der Waals surface area contributed by atoms with Gasteiger partial charge in [-0.1, -0.05) is 30.3 Å². The fraction of sp³-hybridized carbons (Fsp3) is 0.500. The van der Waals surface area contributed by atoms with Crippen molar-refractivity contribution in [2.45, 2.75) is 37.4 Å². The average Bonchev–Trinajstić information content (AvgIpc) is 2.72. The molecule has 0 spiro atoms. The van der Waals surface area contributed by atoms with Crippen LogP contribution in [-0.2, 0) is 9.47 Å². The van der Waals surface area contributed by atoms with Gasteiger partial charge in [0.25, 0.3) is 0 Å². The van der Waals surface area contributed by atoms with E-state index in [4.69, 9.17) is 10.8 Å². The topological polar surface area (TPSA) is 38.7 Å². The first kappa shape index (κ1) is 8.28. The van der Waals surface area contributed by atoms with Gasteiger partial charge in [0.1, 0.15) is 0 Å². The van der Waals surface area contributed by atoms with Gasteiger partial charge < -0.3 is 14.6 Å². The van der Waals surface area contributed by atoms with Crippen molar-refractivity contribution in [2.75, 3.05) is 0 Å². The van der Waals surface area contributed by atoms with Crippen LogP contribution in [0.15, 0.2) is 30.3 Å². The van der Waals surface area contributed by atoms with Crippen LogP contribution in [-0.4, -0.2) is 23.4 Å². The molecule has 1 heterocycles. The minimum Gasteiger partial charge on any atom is -0.393 e. The highest BCUT2D eigenvalue weighted by Crippen LogP contribution is 2.39. The normalized spacial score (nSPS) is 45.1. The maximum atomic E-state index is 9.56. The average molecular weight is 207 g/mol. The van der Waals surface area contributed by atoms with Gasteiger partial charge in [0.15, 0.2) is 6.29 Å². The summed E-state index contributed by atoms with van der Waals surface area (Å²) in [6, 6.07) is 9.74. The molecule has 2 aliphatic rings. The quantitative estimate of drug-likeness (QED) is 0.760. The third-order valence-corrected chi connectivity index (χ3v) is 2.96. The molecule has 0 aromatic heterocycles. The number of ether oxygens (including phenoxy) is 2. The molecule has 1 aromatic carbocycles. The van der Waals surface area contributed by atoms with E-state index in [-0.39, 0.29) is 18.5 Å². The van der Waals surface area contributed by atoms with E-state index in [9.17, 15) is 5.11 Å². The molecule has 1 aromatic rings. The van der Waals surface area contributed by atoms with E-state index in [1.165, 1.54) is 0 Å². The summed E-state index contributed by atoms with van der Waals surface area (Å²) in [4.78, 5) is 0. The monoisotopic (exact) mass is 207 g/mol. The summed E-state index contributed by atoms with van der Waals surface area (Å²) in [6.45, 7) is 0. The minimum absolute atomic E-state index is 0.146. The molecule has 1 aliphatic carbocycles. The van der Waals surface area contributed by atoms with Crippen molar-refractivity contribution < 1.29 is 16.0 Å². The molecule has 3 rings (SSSR count). The lowest BCUT2D eigenvalue weighted by Crippen LogP contribution is -2.13. The highest BCUT2D eigenvalue weighted by Gasteiger charge is 2.43. The van der Waals surface area contributed by atoms with Crippen molar-refractivity contribution in [2.24, 2.45) is 0 Å².